The molecule has 2 aromatic rings. The lowest BCUT2D eigenvalue weighted by atomic mass is 10.2. The molecule has 0 N–H and O–H groups in total. The Morgan fingerprint density at radius 1 is 1.17 bits per heavy atom. The van der Waals surface area contributed by atoms with Crippen molar-refractivity contribution in [1.82, 2.24) is 0 Å². The number of hydrogen-bond acceptors (Lipinski definition) is 4. The number of rotatable bonds is 5. The van der Waals surface area contributed by atoms with Crippen molar-refractivity contribution in [3.63, 3.8) is 0 Å². The molecule has 24 heavy (non-hydrogen) atoms. The van der Waals surface area contributed by atoms with Gasteiger partial charge in [-0.15, -0.1) is 0 Å². The lowest BCUT2D eigenvalue weighted by Gasteiger charge is -2.28. The second-order valence-corrected chi connectivity index (χ2v) is 5.84. The van der Waals surface area contributed by atoms with Gasteiger partial charge in [-0.05, 0) is 29.8 Å². The number of anilines is 1. The average molecular weight is 349 g/mol. The maximum Gasteiger partial charge on any atom is 0.143 e. The van der Waals surface area contributed by atoms with Crippen molar-refractivity contribution in [2.24, 2.45) is 5.16 Å². The monoisotopic (exact) mass is 348 g/mol. The molecule has 6 heteroatoms. The zero-order valence-corrected chi connectivity index (χ0v) is 13.9. The van der Waals surface area contributed by atoms with Gasteiger partial charge >= 0.3 is 0 Å². The molecule has 126 valence electrons. The molecule has 2 aromatic carbocycles. The van der Waals surface area contributed by atoms with Crippen molar-refractivity contribution in [2.45, 2.75) is 6.61 Å². The van der Waals surface area contributed by atoms with Crippen molar-refractivity contribution < 1.29 is 14.0 Å². The lowest BCUT2D eigenvalue weighted by Crippen LogP contribution is -2.36. The van der Waals surface area contributed by atoms with Crippen molar-refractivity contribution >= 4 is 23.5 Å². The minimum absolute atomic E-state index is 0.196. The van der Waals surface area contributed by atoms with Gasteiger partial charge in [-0.25, -0.2) is 4.39 Å². The quantitative estimate of drug-likeness (QED) is 0.607. The predicted molar refractivity (Wildman–Crippen MR) is 93.3 cm³/mol. The van der Waals surface area contributed by atoms with Gasteiger partial charge < -0.3 is 14.5 Å². The Kier molecular flexibility index (Phi) is 5.67. The minimum atomic E-state index is -0.368. The molecule has 1 aliphatic heterocycles. The van der Waals surface area contributed by atoms with Gasteiger partial charge in [0.15, 0.2) is 0 Å². The van der Waals surface area contributed by atoms with Crippen LogP contribution in [0.4, 0.5) is 10.1 Å². The first-order valence-corrected chi connectivity index (χ1v) is 8.12. The summed E-state index contributed by atoms with van der Waals surface area (Å²) in [4.78, 5) is 7.52. The Hall–Kier alpha value is -2.11. The molecule has 1 aliphatic rings. The number of morpholine rings is 1. The third-order valence-corrected chi connectivity index (χ3v) is 4.13. The molecule has 1 saturated heterocycles. The van der Waals surface area contributed by atoms with Gasteiger partial charge in [0, 0.05) is 24.3 Å². The summed E-state index contributed by atoms with van der Waals surface area (Å²) in [5.41, 5.74) is 2.81. The molecule has 1 heterocycles. The fourth-order valence-corrected chi connectivity index (χ4v) is 2.66. The topological polar surface area (TPSA) is 34.1 Å². The van der Waals surface area contributed by atoms with Crippen LogP contribution in [0.2, 0.25) is 5.02 Å². The van der Waals surface area contributed by atoms with Gasteiger partial charge in [0.05, 0.1) is 24.5 Å². The van der Waals surface area contributed by atoms with E-state index in [0.717, 1.165) is 31.9 Å². The van der Waals surface area contributed by atoms with Crippen LogP contribution in [0.25, 0.3) is 0 Å². The fourth-order valence-electron chi connectivity index (χ4n) is 2.44. The van der Waals surface area contributed by atoms with Crippen LogP contribution >= 0.6 is 11.6 Å². The maximum atomic E-state index is 13.0. The number of nitrogens with zero attached hydrogens (tertiary/aromatic N) is 2. The fraction of sp³-hybridized carbons (Fsp3) is 0.278. The molecule has 4 nitrogen and oxygen atoms in total. The van der Waals surface area contributed by atoms with Crippen molar-refractivity contribution in [3.05, 3.63) is 64.4 Å². The van der Waals surface area contributed by atoms with Crippen LogP contribution in [-0.4, -0.2) is 32.5 Å². The second-order valence-electron chi connectivity index (χ2n) is 5.43. The third kappa shape index (κ3) is 4.46. The van der Waals surface area contributed by atoms with Crippen molar-refractivity contribution in [1.29, 1.82) is 0 Å². The molecule has 0 saturated carbocycles. The Balaban J connectivity index is 1.52. The molecule has 0 spiro atoms. The lowest BCUT2D eigenvalue weighted by molar-refractivity contribution is 0.122. The maximum absolute atomic E-state index is 13.0. The number of oxime groups is 1. The van der Waals surface area contributed by atoms with Crippen LogP contribution in [0.15, 0.2) is 47.6 Å². The Labute approximate surface area is 145 Å². The molecule has 0 unspecified atom stereocenters. The molecule has 0 radical (unpaired) electrons. The highest BCUT2D eigenvalue weighted by Crippen LogP contribution is 2.18. The third-order valence-electron chi connectivity index (χ3n) is 3.78. The molecule has 0 amide bonds. The average Bonchev–Trinajstić information content (AvgIpc) is 2.61. The molecular weight excluding hydrogens is 331 g/mol. The summed E-state index contributed by atoms with van der Waals surface area (Å²) in [5, 5.41) is 4.27. The first-order valence-electron chi connectivity index (χ1n) is 7.74. The highest BCUT2D eigenvalue weighted by Gasteiger charge is 2.10. The summed E-state index contributed by atoms with van der Waals surface area (Å²) in [6.45, 7) is 3.55. The van der Waals surface area contributed by atoms with Crippen LogP contribution in [0.5, 0.6) is 0 Å². The van der Waals surface area contributed by atoms with Crippen LogP contribution in [0.1, 0.15) is 11.1 Å². The minimum Gasteiger partial charge on any atom is -0.391 e. The highest BCUT2D eigenvalue weighted by molar-refractivity contribution is 6.31. The van der Waals surface area contributed by atoms with Crippen LogP contribution in [0, 0.1) is 5.82 Å². The van der Waals surface area contributed by atoms with E-state index in [0.29, 0.717) is 10.6 Å². The van der Waals surface area contributed by atoms with E-state index in [1.807, 2.05) is 12.1 Å². The summed E-state index contributed by atoms with van der Waals surface area (Å²) >= 11 is 5.93. The predicted octanol–water partition coefficient (Wildman–Crippen LogP) is 3.87. The summed E-state index contributed by atoms with van der Waals surface area (Å²) in [6.07, 6.45) is 1.64. The largest absolute Gasteiger partial charge is 0.391 e. The summed E-state index contributed by atoms with van der Waals surface area (Å²) in [5.74, 6) is -0.368. The first kappa shape index (κ1) is 16.7. The van der Waals surface area contributed by atoms with E-state index >= 15 is 0 Å². The van der Waals surface area contributed by atoms with E-state index in [-0.39, 0.29) is 12.4 Å². The van der Waals surface area contributed by atoms with E-state index in [4.69, 9.17) is 21.2 Å². The van der Waals surface area contributed by atoms with Gasteiger partial charge in [-0.3, -0.25) is 0 Å². The van der Waals surface area contributed by atoms with Gasteiger partial charge in [0.1, 0.15) is 12.4 Å². The SMILES string of the molecule is Fc1ccc(CON=Cc2ccc(N3CCOCC3)cc2)c(Cl)c1. The molecule has 0 atom stereocenters. The number of ether oxygens (including phenoxy) is 1. The molecule has 3 rings (SSSR count). The van der Waals surface area contributed by atoms with Gasteiger partial charge in [-0.1, -0.05) is 35.0 Å². The summed E-state index contributed by atoms with van der Waals surface area (Å²) in [7, 11) is 0. The second kappa shape index (κ2) is 8.13. The zero-order valence-electron chi connectivity index (χ0n) is 13.1. The van der Waals surface area contributed by atoms with E-state index in [1.54, 1.807) is 12.3 Å². The van der Waals surface area contributed by atoms with Crippen molar-refractivity contribution in [2.75, 3.05) is 31.2 Å². The van der Waals surface area contributed by atoms with E-state index in [9.17, 15) is 4.39 Å². The summed E-state index contributed by atoms with van der Waals surface area (Å²) < 4.78 is 18.3. The smallest absolute Gasteiger partial charge is 0.143 e. The summed E-state index contributed by atoms with van der Waals surface area (Å²) in [6, 6.07) is 12.3. The first-order chi connectivity index (χ1) is 11.7. The van der Waals surface area contributed by atoms with Gasteiger partial charge in [0.2, 0.25) is 0 Å². The molecule has 0 aromatic heterocycles. The van der Waals surface area contributed by atoms with Crippen molar-refractivity contribution in [3.8, 4) is 0 Å². The highest BCUT2D eigenvalue weighted by atomic mass is 35.5. The van der Waals surface area contributed by atoms with Crippen LogP contribution in [-0.2, 0) is 16.2 Å². The van der Waals surface area contributed by atoms with Gasteiger partial charge in [0.25, 0.3) is 0 Å². The Bertz CT molecular complexity index is 701. The molecular formula is C18H18ClFN2O2. The van der Waals surface area contributed by atoms with Gasteiger partial charge in [-0.2, -0.15) is 0 Å². The molecule has 0 bridgehead atoms. The normalized spacial score (nSPS) is 15.0. The standard InChI is InChI=1S/C18H18ClFN2O2/c19-18-11-16(20)4-3-15(18)13-24-21-12-14-1-5-17(6-2-14)22-7-9-23-10-8-22/h1-6,11-12H,7-10,13H2. The van der Waals surface area contributed by atoms with Crippen LogP contribution in [0.3, 0.4) is 0 Å². The molecule has 0 aliphatic carbocycles. The van der Waals surface area contributed by atoms with E-state index < -0.39 is 0 Å². The Morgan fingerprint density at radius 2 is 1.92 bits per heavy atom. The van der Waals surface area contributed by atoms with Crippen LogP contribution < -0.4 is 4.90 Å². The Morgan fingerprint density at radius 3 is 2.62 bits per heavy atom. The number of benzene rings is 2. The van der Waals surface area contributed by atoms with E-state index in [2.05, 4.69) is 22.2 Å². The number of halogens is 2. The zero-order chi connectivity index (χ0) is 16.8. The number of hydrogen-bond donors (Lipinski definition) is 0. The van der Waals surface area contributed by atoms with E-state index in [1.165, 1.54) is 17.8 Å². The molecule has 1 fully saturated rings.